The molecule has 1 aromatic carbocycles. The van der Waals surface area contributed by atoms with Crippen molar-refractivity contribution in [2.24, 2.45) is 0 Å². The smallest absolute Gasteiger partial charge is 0.355 e. The summed E-state index contributed by atoms with van der Waals surface area (Å²) >= 11 is 0. The van der Waals surface area contributed by atoms with Gasteiger partial charge in [0, 0.05) is 5.69 Å². The van der Waals surface area contributed by atoms with E-state index in [0.29, 0.717) is 17.9 Å². The van der Waals surface area contributed by atoms with Crippen molar-refractivity contribution in [2.75, 3.05) is 39.1 Å². The molecule has 0 bridgehead atoms. The molecule has 2 rings (SSSR count). The number of hydrogen-bond donors (Lipinski definition) is 0. The van der Waals surface area contributed by atoms with E-state index in [4.69, 9.17) is 18.9 Å². The lowest BCUT2D eigenvalue weighted by atomic mass is 10.1. The van der Waals surface area contributed by atoms with Gasteiger partial charge >= 0.3 is 17.9 Å². The summed E-state index contributed by atoms with van der Waals surface area (Å²) in [7, 11) is 2.45. The minimum absolute atomic E-state index is 0.0468. The zero-order valence-corrected chi connectivity index (χ0v) is 15.6. The lowest BCUT2D eigenvalue weighted by Gasteiger charge is -2.31. The largest absolute Gasteiger partial charge is 0.466 e. The average molecular weight is 377 g/mol. The van der Waals surface area contributed by atoms with Crippen LogP contribution in [0.5, 0.6) is 0 Å². The molecule has 0 saturated heterocycles. The van der Waals surface area contributed by atoms with Gasteiger partial charge in [-0.05, 0) is 30.7 Å². The third-order valence-electron chi connectivity index (χ3n) is 3.98. The summed E-state index contributed by atoms with van der Waals surface area (Å²) < 4.78 is 20.1. The average Bonchev–Trinajstić information content (AvgIpc) is 2.72. The highest BCUT2D eigenvalue weighted by Gasteiger charge is 2.32. The highest BCUT2D eigenvalue weighted by Crippen LogP contribution is 2.27. The number of carbonyl (C=O) groups is 3. The predicted molar refractivity (Wildman–Crippen MR) is 96.0 cm³/mol. The van der Waals surface area contributed by atoms with Crippen molar-refractivity contribution in [1.82, 2.24) is 0 Å². The Bertz CT molecular complexity index is 724. The quantitative estimate of drug-likeness (QED) is 0.405. The zero-order valence-electron chi connectivity index (χ0n) is 15.6. The van der Waals surface area contributed by atoms with Gasteiger partial charge in [0.25, 0.3) is 0 Å². The number of unbranched alkanes of at least 4 members (excludes halogenated alkanes) is 1. The van der Waals surface area contributed by atoms with E-state index in [1.165, 1.54) is 19.1 Å². The number of ether oxygens (including phenoxy) is 4. The van der Waals surface area contributed by atoms with Crippen molar-refractivity contribution in [3.8, 4) is 0 Å². The van der Waals surface area contributed by atoms with Gasteiger partial charge in [-0.1, -0.05) is 13.3 Å². The molecular weight excluding hydrogens is 354 g/mol. The van der Waals surface area contributed by atoms with E-state index in [2.05, 4.69) is 0 Å². The van der Waals surface area contributed by atoms with Gasteiger partial charge in [0.05, 0.1) is 38.6 Å². The molecule has 0 atom stereocenters. The van der Waals surface area contributed by atoms with Crippen LogP contribution in [-0.2, 0) is 28.5 Å². The molecule has 8 heteroatoms. The molecule has 0 amide bonds. The Morgan fingerprint density at radius 2 is 1.70 bits per heavy atom. The van der Waals surface area contributed by atoms with Crippen molar-refractivity contribution < 1.29 is 33.3 Å². The van der Waals surface area contributed by atoms with Crippen LogP contribution in [0, 0.1) is 0 Å². The van der Waals surface area contributed by atoms with E-state index >= 15 is 0 Å². The molecular formula is C19H23NO7. The van der Waals surface area contributed by atoms with Gasteiger partial charge in [-0.3, -0.25) is 0 Å². The number of esters is 3. The number of rotatable bonds is 7. The van der Waals surface area contributed by atoms with Crippen LogP contribution < -0.4 is 4.90 Å². The second-order valence-corrected chi connectivity index (χ2v) is 5.75. The molecule has 0 unspecified atom stereocenters. The van der Waals surface area contributed by atoms with Gasteiger partial charge in [-0.2, -0.15) is 0 Å². The Balaban J connectivity index is 2.28. The first-order valence-corrected chi connectivity index (χ1v) is 8.55. The van der Waals surface area contributed by atoms with Crippen molar-refractivity contribution in [3.05, 3.63) is 41.1 Å². The Kier molecular flexibility index (Phi) is 7.36. The molecule has 1 aliphatic rings. The fourth-order valence-electron chi connectivity index (χ4n) is 2.52. The third-order valence-corrected chi connectivity index (χ3v) is 3.98. The van der Waals surface area contributed by atoms with Crippen LogP contribution in [0.4, 0.5) is 5.69 Å². The maximum absolute atomic E-state index is 12.2. The molecule has 0 N–H and O–H groups in total. The molecule has 0 radical (unpaired) electrons. The van der Waals surface area contributed by atoms with Crippen LogP contribution >= 0.6 is 0 Å². The van der Waals surface area contributed by atoms with E-state index in [9.17, 15) is 14.4 Å². The molecule has 1 aromatic rings. The van der Waals surface area contributed by atoms with E-state index in [0.717, 1.165) is 12.8 Å². The van der Waals surface area contributed by atoms with Gasteiger partial charge in [-0.25, -0.2) is 14.4 Å². The van der Waals surface area contributed by atoms with Crippen LogP contribution in [0.3, 0.4) is 0 Å². The number of nitrogens with zero attached hydrogens (tertiary/aromatic N) is 1. The predicted octanol–water partition coefficient (Wildman–Crippen LogP) is 2.04. The molecule has 0 aliphatic carbocycles. The Labute approximate surface area is 157 Å². The summed E-state index contributed by atoms with van der Waals surface area (Å²) in [6, 6.07) is 6.46. The first kappa shape index (κ1) is 20.4. The van der Waals surface area contributed by atoms with Crippen LogP contribution in [0.2, 0.25) is 0 Å². The van der Waals surface area contributed by atoms with Crippen LogP contribution in [0.1, 0.15) is 30.1 Å². The summed E-state index contributed by atoms with van der Waals surface area (Å²) in [4.78, 5) is 37.7. The van der Waals surface area contributed by atoms with E-state index in [-0.39, 0.29) is 24.6 Å². The molecule has 27 heavy (non-hydrogen) atoms. The SMILES string of the molecule is CCCCOC(=O)c1ccc(N2COCC(C(=O)OC)=C2C(=O)OC)cc1. The molecule has 0 aromatic heterocycles. The van der Waals surface area contributed by atoms with E-state index < -0.39 is 17.9 Å². The van der Waals surface area contributed by atoms with Crippen molar-refractivity contribution in [2.45, 2.75) is 19.8 Å². The zero-order chi connectivity index (χ0) is 19.8. The summed E-state index contributed by atoms with van der Waals surface area (Å²) in [6.45, 7) is 2.37. The molecule has 0 saturated carbocycles. The van der Waals surface area contributed by atoms with Gasteiger partial charge in [0.15, 0.2) is 0 Å². The molecule has 146 valence electrons. The fraction of sp³-hybridized carbons (Fsp3) is 0.421. The van der Waals surface area contributed by atoms with Crippen LogP contribution in [-0.4, -0.2) is 52.1 Å². The fourth-order valence-corrected chi connectivity index (χ4v) is 2.52. The summed E-state index contributed by atoms with van der Waals surface area (Å²) in [5.41, 5.74) is 1.07. The van der Waals surface area contributed by atoms with Gasteiger partial charge < -0.3 is 23.8 Å². The lowest BCUT2D eigenvalue weighted by Crippen LogP contribution is -2.38. The van der Waals surface area contributed by atoms with E-state index in [1.54, 1.807) is 24.3 Å². The van der Waals surface area contributed by atoms with Crippen molar-refractivity contribution >= 4 is 23.6 Å². The minimum Gasteiger partial charge on any atom is -0.466 e. The van der Waals surface area contributed by atoms with Crippen molar-refractivity contribution in [3.63, 3.8) is 0 Å². The molecule has 8 nitrogen and oxygen atoms in total. The molecule has 0 spiro atoms. The molecule has 1 aliphatic heterocycles. The normalized spacial score (nSPS) is 14.0. The van der Waals surface area contributed by atoms with E-state index in [1.807, 2.05) is 6.92 Å². The Morgan fingerprint density at radius 3 is 2.30 bits per heavy atom. The first-order chi connectivity index (χ1) is 13.0. The van der Waals surface area contributed by atoms with Crippen LogP contribution in [0.15, 0.2) is 35.5 Å². The Hall–Kier alpha value is -2.87. The highest BCUT2D eigenvalue weighted by atomic mass is 16.5. The number of methoxy groups -OCH3 is 2. The maximum Gasteiger partial charge on any atom is 0.355 e. The Morgan fingerprint density at radius 1 is 1.04 bits per heavy atom. The molecule has 1 heterocycles. The second-order valence-electron chi connectivity index (χ2n) is 5.75. The number of anilines is 1. The van der Waals surface area contributed by atoms with Gasteiger partial charge in [-0.15, -0.1) is 0 Å². The van der Waals surface area contributed by atoms with Crippen molar-refractivity contribution in [1.29, 1.82) is 0 Å². The third kappa shape index (κ3) is 4.85. The maximum atomic E-state index is 12.2. The number of carbonyl (C=O) groups excluding carboxylic acids is 3. The number of benzene rings is 1. The lowest BCUT2D eigenvalue weighted by molar-refractivity contribution is -0.140. The number of hydrogen-bond acceptors (Lipinski definition) is 8. The second kappa shape index (κ2) is 9.72. The minimum atomic E-state index is -0.679. The van der Waals surface area contributed by atoms with Crippen LogP contribution in [0.25, 0.3) is 0 Å². The molecule has 0 fully saturated rings. The summed E-state index contributed by atoms with van der Waals surface area (Å²) in [6.07, 6.45) is 1.74. The summed E-state index contributed by atoms with van der Waals surface area (Å²) in [5.74, 6) is -1.76. The van der Waals surface area contributed by atoms with Gasteiger partial charge in [0.2, 0.25) is 0 Å². The highest BCUT2D eigenvalue weighted by molar-refractivity contribution is 6.03. The summed E-state index contributed by atoms with van der Waals surface area (Å²) in [5, 5.41) is 0. The monoisotopic (exact) mass is 377 g/mol. The van der Waals surface area contributed by atoms with Gasteiger partial charge in [0.1, 0.15) is 12.4 Å². The standard InChI is InChI=1S/C19H23NO7/c1-4-5-10-27-17(21)13-6-8-14(9-7-13)20-12-26-11-15(18(22)24-2)16(20)19(23)25-3/h6-9H,4-5,10-12H2,1-3H3. The topological polar surface area (TPSA) is 91.4 Å². The first-order valence-electron chi connectivity index (χ1n) is 8.55.